The van der Waals surface area contributed by atoms with Crippen LogP contribution in [-0.4, -0.2) is 36.0 Å². The molecule has 3 aromatic heterocycles. The van der Waals surface area contributed by atoms with Crippen LogP contribution in [0.5, 0.6) is 0 Å². The molecule has 3 rings (SSSR count). The van der Waals surface area contributed by atoms with Crippen molar-refractivity contribution in [3.63, 3.8) is 0 Å². The zero-order valence-electron chi connectivity index (χ0n) is 11.3. The zero-order valence-corrected chi connectivity index (χ0v) is 12.1. The molecule has 2 N–H and O–H groups in total. The highest BCUT2D eigenvalue weighted by atomic mass is 32.2. The van der Waals surface area contributed by atoms with Crippen LogP contribution in [-0.2, 0) is 0 Å². The normalized spacial score (nSPS) is 11.0. The van der Waals surface area contributed by atoms with Crippen LogP contribution in [0.1, 0.15) is 21.7 Å². The number of imidazole rings is 1. The minimum Gasteiger partial charge on any atom is -0.478 e. The molecule has 0 saturated carbocycles. The van der Waals surface area contributed by atoms with E-state index in [1.54, 1.807) is 13.0 Å². The number of H-pyrrole nitrogens is 1. The lowest BCUT2D eigenvalue weighted by atomic mass is 10.2. The van der Waals surface area contributed by atoms with Gasteiger partial charge in [0, 0.05) is 10.6 Å². The smallest absolute Gasteiger partial charge is 0.338 e. The predicted molar refractivity (Wildman–Crippen MR) is 76.5 cm³/mol. The molecule has 0 bridgehead atoms. The second-order valence-corrected chi connectivity index (χ2v) is 5.44. The molecule has 106 valence electrons. The Morgan fingerprint density at radius 3 is 2.86 bits per heavy atom. The number of carboxylic acid groups (broad SMARTS) is 1. The Kier molecular flexibility index (Phi) is 3.30. The highest BCUT2D eigenvalue weighted by molar-refractivity contribution is 7.99. The number of pyridine rings is 1. The van der Waals surface area contributed by atoms with Crippen molar-refractivity contribution < 1.29 is 9.90 Å². The van der Waals surface area contributed by atoms with Crippen LogP contribution in [0.25, 0.3) is 11.2 Å². The molecule has 0 spiro atoms. The summed E-state index contributed by atoms with van der Waals surface area (Å²) in [7, 11) is 0. The van der Waals surface area contributed by atoms with Gasteiger partial charge in [-0.05, 0) is 19.9 Å². The number of nitrogens with one attached hydrogen (secondary N) is 1. The topological polar surface area (TPSA) is 105 Å². The standard InChI is InChI=1S/C13H11N5O2S/c1-6-3-8(9(13(19)20)7(2)18-6)21-12-10-11(15-4-14-10)16-5-17-12/h3-5H,1-2H3,(H,19,20)(H,14,15,16,17). The third-order valence-electron chi connectivity index (χ3n) is 2.90. The molecule has 21 heavy (non-hydrogen) atoms. The predicted octanol–water partition coefficient (Wildman–Crippen LogP) is 2.21. The lowest BCUT2D eigenvalue weighted by molar-refractivity contribution is 0.0691. The molecule has 3 aromatic rings. The van der Waals surface area contributed by atoms with Gasteiger partial charge in [-0.25, -0.2) is 19.7 Å². The van der Waals surface area contributed by atoms with Crippen molar-refractivity contribution in [3.8, 4) is 0 Å². The third-order valence-corrected chi connectivity index (χ3v) is 3.95. The maximum Gasteiger partial charge on any atom is 0.338 e. The van der Waals surface area contributed by atoms with Crippen LogP contribution in [0, 0.1) is 13.8 Å². The molecule has 7 nitrogen and oxygen atoms in total. The number of nitrogens with zero attached hydrogens (tertiary/aromatic N) is 4. The lowest BCUT2D eigenvalue weighted by Gasteiger charge is -2.09. The highest BCUT2D eigenvalue weighted by Crippen LogP contribution is 2.33. The van der Waals surface area contributed by atoms with Crippen LogP contribution in [0.15, 0.2) is 28.6 Å². The van der Waals surface area contributed by atoms with Gasteiger partial charge in [-0.2, -0.15) is 0 Å². The van der Waals surface area contributed by atoms with Crippen LogP contribution >= 0.6 is 11.8 Å². The van der Waals surface area contributed by atoms with Gasteiger partial charge >= 0.3 is 5.97 Å². The van der Waals surface area contributed by atoms with E-state index in [1.807, 2.05) is 6.92 Å². The largest absolute Gasteiger partial charge is 0.478 e. The summed E-state index contributed by atoms with van der Waals surface area (Å²) in [6.07, 6.45) is 2.94. The Hall–Kier alpha value is -2.48. The van der Waals surface area contributed by atoms with Crippen molar-refractivity contribution in [3.05, 3.63) is 35.7 Å². The first-order chi connectivity index (χ1) is 10.1. The number of aromatic nitrogens is 5. The van der Waals surface area contributed by atoms with E-state index in [1.165, 1.54) is 24.4 Å². The van der Waals surface area contributed by atoms with Crippen molar-refractivity contribution >= 4 is 28.9 Å². The molecule has 3 heterocycles. The number of aryl methyl sites for hydroxylation is 2. The number of carboxylic acids is 1. The van der Waals surface area contributed by atoms with Crippen LogP contribution < -0.4 is 0 Å². The monoisotopic (exact) mass is 301 g/mol. The van der Waals surface area contributed by atoms with Crippen LogP contribution in [0.2, 0.25) is 0 Å². The van der Waals surface area contributed by atoms with Gasteiger partial charge in [-0.1, -0.05) is 11.8 Å². The summed E-state index contributed by atoms with van der Waals surface area (Å²) in [6, 6.07) is 1.74. The lowest BCUT2D eigenvalue weighted by Crippen LogP contribution is -2.05. The number of hydrogen-bond donors (Lipinski definition) is 2. The molecule has 0 atom stereocenters. The van der Waals surface area contributed by atoms with E-state index in [9.17, 15) is 9.90 Å². The van der Waals surface area contributed by atoms with Gasteiger partial charge < -0.3 is 10.1 Å². The molecule has 0 aliphatic rings. The molecular weight excluding hydrogens is 290 g/mol. The first-order valence-electron chi connectivity index (χ1n) is 6.09. The van der Waals surface area contributed by atoms with Crippen LogP contribution in [0.3, 0.4) is 0 Å². The Morgan fingerprint density at radius 1 is 1.29 bits per heavy atom. The molecule has 0 aromatic carbocycles. The molecule has 0 aliphatic carbocycles. The zero-order chi connectivity index (χ0) is 15.0. The summed E-state index contributed by atoms with van der Waals surface area (Å²) in [5.41, 5.74) is 2.67. The second kappa shape index (κ2) is 5.13. The van der Waals surface area contributed by atoms with Crippen molar-refractivity contribution in [2.24, 2.45) is 0 Å². The fourth-order valence-corrected chi connectivity index (χ4v) is 3.18. The van der Waals surface area contributed by atoms with Crippen molar-refractivity contribution in [1.82, 2.24) is 24.9 Å². The Balaban J connectivity index is 2.13. The summed E-state index contributed by atoms with van der Waals surface area (Å²) in [5, 5.41) is 10.0. The molecule has 8 heteroatoms. The van der Waals surface area contributed by atoms with Gasteiger partial charge in [0.1, 0.15) is 16.9 Å². The number of rotatable bonds is 3. The number of aromatic carboxylic acids is 1. The molecule has 0 aliphatic heterocycles. The van der Waals surface area contributed by atoms with Crippen molar-refractivity contribution in [1.29, 1.82) is 0 Å². The van der Waals surface area contributed by atoms with Gasteiger partial charge in [0.25, 0.3) is 0 Å². The summed E-state index contributed by atoms with van der Waals surface area (Å²) in [4.78, 5) is 31.5. The molecule has 0 unspecified atom stereocenters. The molecule has 0 saturated heterocycles. The van der Waals surface area contributed by atoms with Gasteiger partial charge in [-0.15, -0.1) is 0 Å². The second-order valence-electron chi connectivity index (χ2n) is 4.41. The van der Waals surface area contributed by atoms with E-state index in [2.05, 4.69) is 24.9 Å². The highest BCUT2D eigenvalue weighted by Gasteiger charge is 2.18. The fourth-order valence-electron chi connectivity index (χ4n) is 2.06. The minimum absolute atomic E-state index is 0.192. The Morgan fingerprint density at radius 2 is 2.10 bits per heavy atom. The van der Waals surface area contributed by atoms with E-state index in [0.717, 1.165) is 5.69 Å². The van der Waals surface area contributed by atoms with Gasteiger partial charge in [0.2, 0.25) is 0 Å². The summed E-state index contributed by atoms with van der Waals surface area (Å²) in [6.45, 7) is 3.51. The van der Waals surface area contributed by atoms with Crippen molar-refractivity contribution in [2.75, 3.05) is 0 Å². The number of fused-ring (bicyclic) bond motifs is 1. The Bertz CT molecular complexity index is 846. The summed E-state index contributed by atoms with van der Waals surface area (Å²) >= 11 is 1.26. The van der Waals surface area contributed by atoms with Crippen molar-refractivity contribution in [2.45, 2.75) is 23.8 Å². The first kappa shape index (κ1) is 13.5. The summed E-state index contributed by atoms with van der Waals surface area (Å²) in [5.74, 6) is -1.00. The average molecular weight is 301 g/mol. The van der Waals surface area contributed by atoms with E-state index < -0.39 is 5.97 Å². The maximum absolute atomic E-state index is 11.5. The molecule has 0 amide bonds. The van der Waals surface area contributed by atoms with E-state index in [4.69, 9.17) is 0 Å². The Labute approximate surface area is 123 Å². The minimum atomic E-state index is -1.00. The van der Waals surface area contributed by atoms with E-state index in [0.29, 0.717) is 26.8 Å². The molecule has 0 radical (unpaired) electrons. The van der Waals surface area contributed by atoms with Gasteiger partial charge in [0.15, 0.2) is 5.65 Å². The van der Waals surface area contributed by atoms with E-state index in [-0.39, 0.29) is 5.56 Å². The third kappa shape index (κ3) is 2.45. The number of carbonyl (C=O) groups is 1. The maximum atomic E-state index is 11.5. The van der Waals surface area contributed by atoms with Gasteiger partial charge in [0.05, 0.1) is 17.6 Å². The molecule has 0 fully saturated rings. The van der Waals surface area contributed by atoms with Crippen LogP contribution in [0.4, 0.5) is 0 Å². The first-order valence-corrected chi connectivity index (χ1v) is 6.91. The number of hydrogen-bond acceptors (Lipinski definition) is 6. The molecular formula is C13H11N5O2S. The number of aromatic amines is 1. The van der Waals surface area contributed by atoms with E-state index >= 15 is 0 Å². The fraction of sp³-hybridized carbons (Fsp3) is 0.154. The average Bonchev–Trinajstić information content (AvgIpc) is 2.86. The SMILES string of the molecule is Cc1cc(Sc2ncnc3nc[nH]c23)c(C(=O)O)c(C)n1. The quantitative estimate of drug-likeness (QED) is 0.714. The van der Waals surface area contributed by atoms with Gasteiger partial charge in [-0.3, -0.25) is 4.98 Å². The summed E-state index contributed by atoms with van der Waals surface area (Å²) < 4.78 is 0.